The van der Waals surface area contributed by atoms with Crippen molar-refractivity contribution in [2.24, 2.45) is 12.8 Å². The maximum Gasteiger partial charge on any atom is 0.319 e. The summed E-state index contributed by atoms with van der Waals surface area (Å²) in [5.41, 5.74) is 5.68. The van der Waals surface area contributed by atoms with Gasteiger partial charge in [-0.15, -0.1) is 0 Å². The van der Waals surface area contributed by atoms with Crippen molar-refractivity contribution in [3.63, 3.8) is 0 Å². The van der Waals surface area contributed by atoms with Gasteiger partial charge in [0, 0.05) is 13.6 Å². The van der Waals surface area contributed by atoms with Crippen molar-refractivity contribution in [2.75, 3.05) is 11.9 Å². The van der Waals surface area contributed by atoms with E-state index in [9.17, 15) is 9.59 Å². The maximum atomic E-state index is 11.5. The smallest absolute Gasteiger partial charge is 0.319 e. The molecule has 3 amide bonds. The molecule has 0 aromatic carbocycles. The molecule has 0 fully saturated rings. The van der Waals surface area contributed by atoms with Crippen LogP contribution in [0.15, 0.2) is 6.20 Å². The van der Waals surface area contributed by atoms with Crippen LogP contribution in [0.25, 0.3) is 0 Å². The summed E-state index contributed by atoms with van der Waals surface area (Å²) in [5.74, 6) is -0.631. The lowest BCUT2D eigenvalue weighted by atomic mass is 10.3. The molecule has 0 saturated carbocycles. The molecule has 1 rings (SSSR count). The number of primary amides is 1. The highest BCUT2D eigenvalue weighted by atomic mass is 16.2. The first-order valence-corrected chi connectivity index (χ1v) is 5.43. The largest absolute Gasteiger partial charge is 0.364 e. The first-order valence-electron chi connectivity index (χ1n) is 5.43. The summed E-state index contributed by atoms with van der Waals surface area (Å²) < 4.78 is 1.32. The van der Waals surface area contributed by atoms with Crippen LogP contribution in [0.1, 0.15) is 30.3 Å². The fraction of sp³-hybridized carbons (Fsp3) is 0.500. The van der Waals surface area contributed by atoms with Gasteiger partial charge in [0.05, 0.1) is 11.9 Å². The molecule has 1 aromatic heterocycles. The van der Waals surface area contributed by atoms with E-state index >= 15 is 0 Å². The van der Waals surface area contributed by atoms with Gasteiger partial charge in [-0.3, -0.25) is 9.48 Å². The lowest BCUT2D eigenvalue weighted by Crippen LogP contribution is -2.30. The quantitative estimate of drug-likeness (QED) is 0.650. The third-order valence-corrected chi connectivity index (χ3v) is 2.24. The standard InChI is InChI=1S/C10H17N5O2/c1-3-4-5-12-10(17)14-7-6-13-15(2)8(7)9(11)16/h6H,3-5H2,1-2H3,(H2,11,16)(H2,12,14,17). The Morgan fingerprint density at radius 1 is 1.53 bits per heavy atom. The summed E-state index contributed by atoms with van der Waals surface area (Å²) in [6.07, 6.45) is 3.29. The van der Waals surface area contributed by atoms with E-state index in [2.05, 4.69) is 15.7 Å². The second-order valence-electron chi connectivity index (χ2n) is 3.63. The highest BCUT2D eigenvalue weighted by Gasteiger charge is 2.15. The highest BCUT2D eigenvalue weighted by Crippen LogP contribution is 2.12. The minimum atomic E-state index is -0.631. The van der Waals surface area contributed by atoms with E-state index in [-0.39, 0.29) is 11.7 Å². The van der Waals surface area contributed by atoms with Gasteiger partial charge >= 0.3 is 6.03 Å². The third-order valence-electron chi connectivity index (χ3n) is 2.24. The Morgan fingerprint density at radius 2 is 2.24 bits per heavy atom. The molecule has 1 heterocycles. The number of hydrogen-bond donors (Lipinski definition) is 3. The highest BCUT2D eigenvalue weighted by molar-refractivity contribution is 6.01. The number of nitrogens with one attached hydrogen (secondary N) is 2. The summed E-state index contributed by atoms with van der Waals surface area (Å²) in [5, 5.41) is 9.07. The van der Waals surface area contributed by atoms with E-state index < -0.39 is 5.91 Å². The number of carbonyl (C=O) groups is 2. The van der Waals surface area contributed by atoms with E-state index in [1.54, 1.807) is 7.05 Å². The Kier molecular flexibility index (Phi) is 4.50. The van der Waals surface area contributed by atoms with Crippen LogP contribution in [-0.2, 0) is 7.05 Å². The fourth-order valence-electron chi connectivity index (χ4n) is 1.37. The van der Waals surface area contributed by atoms with Crippen LogP contribution in [0.5, 0.6) is 0 Å². The van der Waals surface area contributed by atoms with Crippen molar-refractivity contribution in [3.05, 3.63) is 11.9 Å². The molecule has 0 spiro atoms. The van der Waals surface area contributed by atoms with Crippen molar-refractivity contribution in [1.82, 2.24) is 15.1 Å². The Bertz CT molecular complexity index is 413. The number of aryl methyl sites for hydroxylation is 1. The first kappa shape index (κ1) is 13.0. The van der Waals surface area contributed by atoms with Crippen LogP contribution in [0.3, 0.4) is 0 Å². The molecular weight excluding hydrogens is 222 g/mol. The molecule has 0 atom stereocenters. The van der Waals surface area contributed by atoms with Gasteiger partial charge in [-0.25, -0.2) is 4.79 Å². The minimum absolute atomic E-state index is 0.177. The van der Waals surface area contributed by atoms with Crippen LogP contribution < -0.4 is 16.4 Å². The molecule has 0 radical (unpaired) electrons. The molecule has 4 N–H and O–H groups in total. The van der Waals surface area contributed by atoms with E-state index in [0.717, 1.165) is 12.8 Å². The summed E-state index contributed by atoms with van der Waals surface area (Å²) in [6.45, 7) is 2.63. The van der Waals surface area contributed by atoms with Crippen molar-refractivity contribution in [1.29, 1.82) is 0 Å². The van der Waals surface area contributed by atoms with E-state index in [0.29, 0.717) is 12.2 Å². The normalized spacial score (nSPS) is 10.0. The molecule has 0 aliphatic rings. The van der Waals surface area contributed by atoms with E-state index in [4.69, 9.17) is 5.73 Å². The second-order valence-corrected chi connectivity index (χ2v) is 3.63. The lowest BCUT2D eigenvalue weighted by Gasteiger charge is -2.06. The van der Waals surface area contributed by atoms with Gasteiger partial charge in [0.25, 0.3) is 5.91 Å². The SMILES string of the molecule is CCCCNC(=O)Nc1cnn(C)c1C(N)=O. The number of amides is 3. The Labute approximate surface area is 99.4 Å². The van der Waals surface area contributed by atoms with Gasteiger partial charge in [-0.05, 0) is 6.42 Å². The molecule has 94 valence electrons. The molecule has 0 saturated heterocycles. The summed E-state index contributed by atoms with van der Waals surface area (Å²) in [6, 6.07) is -0.367. The summed E-state index contributed by atoms with van der Waals surface area (Å²) in [7, 11) is 1.58. The maximum absolute atomic E-state index is 11.5. The van der Waals surface area contributed by atoms with Gasteiger partial charge in [0.1, 0.15) is 5.69 Å². The third kappa shape index (κ3) is 3.47. The Morgan fingerprint density at radius 3 is 2.82 bits per heavy atom. The van der Waals surface area contributed by atoms with E-state index in [1.165, 1.54) is 10.9 Å². The molecule has 7 nitrogen and oxygen atoms in total. The van der Waals surface area contributed by atoms with Gasteiger partial charge in [0.15, 0.2) is 0 Å². The van der Waals surface area contributed by atoms with Crippen LogP contribution in [0.2, 0.25) is 0 Å². The minimum Gasteiger partial charge on any atom is -0.364 e. The number of anilines is 1. The Balaban J connectivity index is 2.62. The van der Waals surface area contributed by atoms with Crippen LogP contribution in [0.4, 0.5) is 10.5 Å². The number of rotatable bonds is 5. The number of aromatic nitrogens is 2. The molecular formula is C10H17N5O2. The topological polar surface area (TPSA) is 102 Å². The fourth-order valence-corrected chi connectivity index (χ4v) is 1.37. The molecule has 0 aliphatic carbocycles. The summed E-state index contributed by atoms with van der Waals surface area (Å²) in [4.78, 5) is 22.6. The van der Waals surface area contributed by atoms with Gasteiger partial charge in [-0.2, -0.15) is 5.10 Å². The molecule has 1 aromatic rings. The number of urea groups is 1. The zero-order valence-corrected chi connectivity index (χ0v) is 9.99. The van der Waals surface area contributed by atoms with E-state index in [1.807, 2.05) is 6.92 Å². The number of nitrogens with zero attached hydrogens (tertiary/aromatic N) is 2. The first-order chi connectivity index (χ1) is 8.06. The molecule has 0 unspecified atom stereocenters. The predicted octanol–water partition coefficient (Wildman–Crippen LogP) is 0.441. The number of nitrogens with two attached hydrogens (primary N) is 1. The molecule has 0 bridgehead atoms. The van der Waals surface area contributed by atoms with Crippen LogP contribution in [0, 0.1) is 0 Å². The van der Waals surface area contributed by atoms with Gasteiger partial charge in [0.2, 0.25) is 0 Å². The lowest BCUT2D eigenvalue weighted by molar-refractivity contribution is 0.0992. The molecule has 7 heteroatoms. The predicted molar refractivity (Wildman–Crippen MR) is 63.7 cm³/mol. The van der Waals surface area contributed by atoms with Crippen molar-refractivity contribution >= 4 is 17.6 Å². The van der Waals surface area contributed by atoms with Gasteiger partial charge < -0.3 is 16.4 Å². The molecule has 0 aliphatic heterocycles. The van der Waals surface area contributed by atoms with Crippen LogP contribution in [-0.4, -0.2) is 28.3 Å². The summed E-state index contributed by atoms with van der Waals surface area (Å²) >= 11 is 0. The van der Waals surface area contributed by atoms with Crippen molar-refractivity contribution < 1.29 is 9.59 Å². The monoisotopic (exact) mass is 239 g/mol. The average Bonchev–Trinajstić information content (AvgIpc) is 2.60. The number of hydrogen-bond acceptors (Lipinski definition) is 3. The Hall–Kier alpha value is -2.05. The van der Waals surface area contributed by atoms with Crippen molar-refractivity contribution in [3.8, 4) is 0 Å². The number of carbonyl (C=O) groups excluding carboxylic acids is 2. The second kappa shape index (κ2) is 5.88. The average molecular weight is 239 g/mol. The number of unbranched alkanes of at least 4 members (excludes halogenated alkanes) is 1. The van der Waals surface area contributed by atoms with Crippen molar-refractivity contribution in [2.45, 2.75) is 19.8 Å². The van der Waals surface area contributed by atoms with Crippen LogP contribution >= 0.6 is 0 Å². The van der Waals surface area contributed by atoms with Gasteiger partial charge in [-0.1, -0.05) is 13.3 Å². The zero-order chi connectivity index (χ0) is 12.8. The zero-order valence-electron chi connectivity index (χ0n) is 9.99. The molecule has 17 heavy (non-hydrogen) atoms.